The van der Waals surface area contributed by atoms with Crippen LogP contribution in [-0.4, -0.2) is 26.8 Å². The molecule has 1 aliphatic rings. The van der Waals surface area contributed by atoms with Gasteiger partial charge in [0.15, 0.2) is 0 Å². The smallest absolute Gasteiger partial charge is 0.129 e. The van der Waals surface area contributed by atoms with Crippen molar-refractivity contribution in [2.75, 3.05) is 31.7 Å². The minimum atomic E-state index is -0.221. The topological polar surface area (TPSA) is 38.5 Å². The van der Waals surface area contributed by atoms with Gasteiger partial charge in [-0.05, 0) is 30.9 Å². The van der Waals surface area contributed by atoms with E-state index in [4.69, 9.17) is 10.5 Å². The van der Waals surface area contributed by atoms with Crippen molar-refractivity contribution < 1.29 is 9.13 Å². The average molecular weight is 252 g/mol. The standard InChI is InChI=1S/C14H21FN2O/c1-17(9-11-3-2-6-18-10-11)13-5-4-12(8-16)14(15)7-13/h4-5,7,11H,2-3,6,8-10,16H2,1H3. The quantitative estimate of drug-likeness (QED) is 0.892. The van der Waals surface area contributed by atoms with Gasteiger partial charge in [-0.25, -0.2) is 4.39 Å². The van der Waals surface area contributed by atoms with Crippen LogP contribution in [0.3, 0.4) is 0 Å². The highest BCUT2D eigenvalue weighted by Crippen LogP contribution is 2.21. The summed E-state index contributed by atoms with van der Waals surface area (Å²) in [6, 6.07) is 5.25. The highest BCUT2D eigenvalue weighted by atomic mass is 19.1. The fraction of sp³-hybridized carbons (Fsp3) is 0.571. The molecule has 0 saturated carbocycles. The highest BCUT2D eigenvalue weighted by Gasteiger charge is 2.16. The maximum atomic E-state index is 13.7. The summed E-state index contributed by atoms with van der Waals surface area (Å²) in [7, 11) is 1.99. The van der Waals surface area contributed by atoms with Crippen LogP contribution in [-0.2, 0) is 11.3 Å². The molecule has 0 bridgehead atoms. The fourth-order valence-electron chi connectivity index (χ4n) is 2.38. The first-order chi connectivity index (χ1) is 8.70. The molecule has 100 valence electrons. The second kappa shape index (κ2) is 6.16. The molecule has 0 aromatic heterocycles. The lowest BCUT2D eigenvalue weighted by atomic mass is 10.0. The lowest BCUT2D eigenvalue weighted by molar-refractivity contribution is 0.0576. The summed E-state index contributed by atoms with van der Waals surface area (Å²) in [5.41, 5.74) is 6.92. The predicted octanol–water partition coefficient (Wildman–Crippen LogP) is 2.15. The van der Waals surface area contributed by atoms with Gasteiger partial charge in [0.05, 0.1) is 6.61 Å². The minimum Gasteiger partial charge on any atom is -0.381 e. The number of nitrogens with two attached hydrogens (primary N) is 1. The molecule has 0 spiro atoms. The fourth-order valence-corrected chi connectivity index (χ4v) is 2.38. The summed E-state index contributed by atoms with van der Waals surface area (Å²) >= 11 is 0. The van der Waals surface area contributed by atoms with E-state index in [1.807, 2.05) is 13.1 Å². The third-order valence-electron chi connectivity index (χ3n) is 3.48. The van der Waals surface area contributed by atoms with Crippen LogP contribution in [0.4, 0.5) is 10.1 Å². The van der Waals surface area contributed by atoms with E-state index in [9.17, 15) is 4.39 Å². The molecule has 18 heavy (non-hydrogen) atoms. The monoisotopic (exact) mass is 252 g/mol. The van der Waals surface area contributed by atoms with Crippen molar-refractivity contribution in [3.05, 3.63) is 29.6 Å². The Morgan fingerprint density at radius 1 is 1.50 bits per heavy atom. The molecular weight excluding hydrogens is 231 g/mol. The van der Waals surface area contributed by atoms with Gasteiger partial charge in [0.1, 0.15) is 5.82 Å². The maximum Gasteiger partial charge on any atom is 0.129 e. The average Bonchev–Trinajstić information content (AvgIpc) is 2.39. The van der Waals surface area contributed by atoms with Gasteiger partial charge in [-0.15, -0.1) is 0 Å². The predicted molar refractivity (Wildman–Crippen MR) is 71.1 cm³/mol. The van der Waals surface area contributed by atoms with Crippen LogP contribution < -0.4 is 10.6 Å². The number of anilines is 1. The number of hydrogen-bond donors (Lipinski definition) is 1. The van der Waals surface area contributed by atoms with Crippen molar-refractivity contribution in [2.24, 2.45) is 11.7 Å². The van der Waals surface area contributed by atoms with Crippen LogP contribution in [0, 0.1) is 11.7 Å². The second-order valence-electron chi connectivity index (χ2n) is 4.94. The first-order valence-corrected chi connectivity index (χ1v) is 6.48. The molecule has 0 amide bonds. The molecule has 1 fully saturated rings. The van der Waals surface area contributed by atoms with Gasteiger partial charge in [0.25, 0.3) is 0 Å². The summed E-state index contributed by atoms with van der Waals surface area (Å²) in [6.45, 7) is 2.83. The van der Waals surface area contributed by atoms with Crippen LogP contribution in [0.5, 0.6) is 0 Å². The molecule has 2 N–H and O–H groups in total. The maximum absolute atomic E-state index is 13.7. The number of benzene rings is 1. The Morgan fingerprint density at radius 2 is 2.33 bits per heavy atom. The molecule has 1 atom stereocenters. The number of ether oxygens (including phenoxy) is 1. The third-order valence-corrected chi connectivity index (χ3v) is 3.48. The Kier molecular flexibility index (Phi) is 4.55. The van der Waals surface area contributed by atoms with Crippen molar-refractivity contribution in [1.82, 2.24) is 0 Å². The molecule has 4 heteroatoms. The molecular formula is C14H21FN2O. The van der Waals surface area contributed by atoms with Crippen LogP contribution in [0.1, 0.15) is 18.4 Å². The van der Waals surface area contributed by atoms with Gasteiger partial charge in [-0.2, -0.15) is 0 Å². The van der Waals surface area contributed by atoms with Crippen LogP contribution in [0.25, 0.3) is 0 Å². The van der Waals surface area contributed by atoms with Crippen LogP contribution >= 0.6 is 0 Å². The number of nitrogens with zero attached hydrogens (tertiary/aromatic N) is 1. The lowest BCUT2D eigenvalue weighted by Gasteiger charge is -2.28. The van der Waals surface area contributed by atoms with E-state index in [0.717, 1.165) is 31.9 Å². The molecule has 1 aliphatic heterocycles. The first kappa shape index (κ1) is 13.3. The van der Waals surface area contributed by atoms with Crippen molar-refractivity contribution in [2.45, 2.75) is 19.4 Å². The Balaban J connectivity index is 1.99. The van der Waals surface area contributed by atoms with E-state index < -0.39 is 0 Å². The number of rotatable bonds is 4. The summed E-state index contributed by atoms with van der Waals surface area (Å²) in [5.74, 6) is 0.322. The van der Waals surface area contributed by atoms with Crippen molar-refractivity contribution in [1.29, 1.82) is 0 Å². The molecule has 1 aromatic rings. The highest BCUT2D eigenvalue weighted by molar-refractivity contribution is 5.47. The van der Waals surface area contributed by atoms with E-state index >= 15 is 0 Å². The van der Waals surface area contributed by atoms with E-state index in [-0.39, 0.29) is 12.4 Å². The summed E-state index contributed by atoms with van der Waals surface area (Å²) in [6.07, 6.45) is 2.31. The summed E-state index contributed by atoms with van der Waals surface area (Å²) < 4.78 is 19.1. The number of halogens is 1. The molecule has 1 saturated heterocycles. The third kappa shape index (κ3) is 3.21. The van der Waals surface area contributed by atoms with Crippen LogP contribution in [0.2, 0.25) is 0 Å². The molecule has 3 nitrogen and oxygen atoms in total. The van der Waals surface area contributed by atoms with Gasteiger partial charge in [0, 0.05) is 38.0 Å². The van der Waals surface area contributed by atoms with Gasteiger partial charge < -0.3 is 15.4 Å². The molecule has 0 radical (unpaired) electrons. The summed E-state index contributed by atoms with van der Waals surface area (Å²) in [5, 5.41) is 0. The minimum absolute atomic E-state index is 0.221. The molecule has 0 aliphatic carbocycles. The van der Waals surface area contributed by atoms with E-state index in [0.29, 0.717) is 11.5 Å². The molecule has 1 heterocycles. The molecule has 1 aromatic carbocycles. The van der Waals surface area contributed by atoms with Gasteiger partial charge in [-0.3, -0.25) is 0 Å². The Morgan fingerprint density at radius 3 is 2.94 bits per heavy atom. The van der Waals surface area contributed by atoms with Crippen molar-refractivity contribution in [3.8, 4) is 0 Å². The first-order valence-electron chi connectivity index (χ1n) is 6.48. The van der Waals surface area contributed by atoms with Crippen LogP contribution in [0.15, 0.2) is 18.2 Å². The Labute approximate surface area is 108 Å². The zero-order chi connectivity index (χ0) is 13.0. The number of hydrogen-bond acceptors (Lipinski definition) is 3. The zero-order valence-electron chi connectivity index (χ0n) is 10.9. The van der Waals surface area contributed by atoms with E-state index in [1.165, 1.54) is 6.42 Å². The van der Waals surface area contributed by atoms with Gasteiger partial charge in [-0.1, -0.05) is 6.07 Å². The lowest BCUT2D eigenvalue weighted by Crippen LogP contribution is -2.30. The zero-order valence-corrected chi connectivity index (χ0v) is 10.9. The summed E-state index contributed by atoms with van der Waals surface area (Å²) in [4.78, 5) is 2.09. The van der Waals surface area contributed by atoms with Gasteiger partial charge in [0.2, 0.25) is 0 Å². The van der Waals surface area contributed by atoms with Gasteiger partial charge >= 0.3 is 0 Å². The molecule has 2 rings (SSSR count). The second-order valence-corrected chi connectivity index (χ2v) is 4.94. The molecule has 1 unspecified atom stereocenters. The van der Waals surface area contributed by atoms with Crippen molar-refractivity contribution >= 4 is 5.69 Å². The van der Waals surface area contributed by atoms with E-state index in [1.54, 1.807) is 12.1 Å². The SMILES string of the molecule is CN(CC1CCCOC1)c1ccc(CN)c(F)c1. The van der Waals surface area contributed by atoms with Crippen molar-refractivity contribution in [3.63, 3.8) is 0 Å². The Hall–Kier alpha value is -1.13. The normalized spacial score (nSPS) is 19.8. The van der Waals surface area contributed by atoms with E-state index in [2.05, 4.69) is 4.90 Å². The Bertz CT molecular complexity index is 391. The largest absolute Gasteiger partial charge is 0.381 e.